The van der Waals surface area contributed by atoms with E-state index in [4.69, 9.17) is 12.6 Å². The summed E-state index contributed by atoms with van der Waals surface area (Å²) >= 11 is 0. The van der Waals surface area contributed by atoms with Gasteiger partial charge < -0.3 is 24.8 Å². The van der Waals surface area contributed by atoms with E-state index in [1.165, 1.54) is 48.8 Å². The highest BCUT2D eigenvalue weighted by Crippen LogP contribution is 2.37. The molecular weight excluding hydrogens is 458 g/mol. The maximum atomic E-state index is 13.3. The van der Waals surface area contributed by atoms with E-state index in [0.29, 0.717) is 16.0 Å². The van der Waals surface area contributed by atoms with Crippen LogP contribution in [0.2, 0.25) is 0 Å². The summed E-state index contributed by atoms with van der Waals surface area (Å²) in [6.45, 7) is -0.553. The number of rotatable bonds is 4. The number of carbonyl (C=O) groups excluding carboxylic acids is 1. The summed E-state index contributed by atoms with van der Waals surface area (Å²) in [5.74, 6) is -5.07. The summed E-state index contributed by atoms with van der Waals surface area (Å²) in [5, 5.41) is 31.5. The van der Waals surface area contributed by atoms with Crippen LogP contribution in [0.1, 0.15) is 16.2 Å². The molecule has 2 heterocycles. The molecule has 2 aromatic carbocycles. The van der Waals surface area contributed by atoms with Gasteiger partial charge in [0.15, 0.2) is 7.85 Å². The molecule has 0 aliphatic carbocycles. The fourth-order valence-corrected chi connectivity index (χ4v) is 3.27. The van der Waals surface area contributed by atoms with E-state index in [1.54, 1.807) is 0 Å². The number of nitrogens with zero attached hydrogens (tertiary/aromatic N) is 3. The molecule has 1 atom stereocenters. The standard InChI is InChI=1S/C21H15BF3N3O6/c22-19(30)20(31,32)28(11-17-26-8-1-9-27-17)18(29)15-10-13(4-7-16(15)34-19)12-2-5-14(6-3-12)33-21(23,24)25/h1-10,30-32H,11H2. The van der Waals surface area contributed by atoms with E-state index < -0.39 is 36.2 Å². The van der Waals surface area contributed by atoms with E-state index in [-0.39, 0.29) is 17.1 Å². The van der Waals surface area contributed by atoms with Gasteiger partial charge in [0.1, 0.15) is 17.3 Å². The van der Waals surface area contributed by atoms with Crippen LogP contribution in [0.15, 0.2) is 60.9 Å². The Kier molecular flexibility index (Phi) is 5.71. The van der Waals surface area contributed by atoms with Crippen molar-refractivity contribution >= 4 is 13.8 Å². The minimum absolute atomic E-state index is 0.0129. The van der Waals surface area contributed by atoms with Gasteiger partial charge in [-0.3, -0.25) is 9.69 Å². The zero-order chi connectivity index (χ0) is 24.7. The smallest absolute Gasteiger partial charge is 0.463 e. The average molecular weight is 473 g/mol. The first-order valence-corrected chi connectivity index (χ1v) is 9.60. The predicted molar refractivity (Wildman–Crippen MR) is 109 cm³/mol. The maximum absolute atomic E-state index is 13.3. The molecule has 3 aromatic rings. The fraction of sp³-hybridized carbons (Fsp3) is 0.190. The number of halogens is 3. The molecule has 1 unspecified atom stereocenters. The number of aromatic nitrogens is 2. The van der Waals surface area contributed by atoms with E-state index in [9.17, 15) is 33.3 Å². The number of benzene rings is 2. The van der Waals surface area contributed by atoms with Gasteiger partial charge >= 0.3 is 12.3 Å². The first-order chi connectivity index (χ1) is 15.9. The molecule has 1 aliphatic rings. The summed E-state index contributed by atoms with van der Waals surface area (Å²) in [7, 11) is 5.59. The van der Waals surface area contributed by atoms with Crippen molar-refractivity contribution in [1.82, 2.24) is 14.9 Å². The number of carbonyl (C=O) groups is 1. The van der Waals surface area contributed by atoms with Gasteiger partial charge in [0.25, 0.3) is 5.91 Å². The van der Waals surface area contributed by atoms with Crippen LogP contribution < -0.4 is 9.47 Å². The number of fused-ring (bicyclic) bond motifs is 1. The van der Waals surface area contributed by atoms with Crippen LogP contribution >= 0.6 is 0 Å². The number of amides is 1. The van der Waals surface area contributed by atoms with Crippen molar-refractivity contribution in [3.8, 4) is 22.6 Å². The highest BCUT2D eigenvalue weighted by molar-refractivity contribution is 6.15. The minimum atomic E-state index is -4.85. The second kappa shape index (κ2) is 8.27. The molecule has 4 rings (SSSR count). The third-order valence-corrected chi connectivity index (χ3v) is 4.92. The van der Waals surface area contributed by atoms with Crippen molar-refractivity contribution in [2.24, 2.45) is 0 Å². The third-order valence-electron chi connectivity index (χ3n) is 4.92. The molecule has 1 amide bonds. The molecule has 0 saturated carbocycles. The first kappa shape index (κ1) is 23.5. The van der Waals surface area contributed by atoms with Crippen LogP contribution in [0.3, 0.4) is 0 Å². The molecule has 0 bridgehead atoms. The van der Waals surface area contributed by atoms with Crippen LogP contribution in [0.4, 0.5) is 13.2 Å². The average Bonchev–Trinajstić information content (AvgIpc) is 2.81. The molecule has 13 heteroatoms. The lowest BCUT2D eigenvalue weighted by molar-refractivity contribution is -0.357. The summed E-state index contributed by atoms with van der Waals surface area (Å²) < 4.78 is 46.2. The van der Waals surface area contributed by atoms with Gasteiger partial charge in [0, 0.05) is 12.4 Å². The second-order valence-corrected chi connectivity index (χ2v) is 7.27. The Hall–Kier alpha value is -3.68. The molecule has 2 radical (unpaired) electrons. The normalized spacial score (nSPS) is 19.7. The Morgan fingerprint density at radius 3 is 2.26 bits per heavy atom. The van der Waals surface area contributed by atoms with E-state index in [2.05, 4.69) is 14.7 Å². The zero-order valence-electron chi connectivity index (χ0n) is 17.1. The van der Waals surface area contributed by atoms with Crippen molar-refractivity contribution in [2.75, 3.05) is 0 Å². The number of hydrogen-bond acceptors (Lipinski definition) is 8. The predicted octanol–water partition coefficient (Wildman–Crippen LogP) is 1.53. The van der Waals surface area contributed by atoms with Crippen molar-refractivity contribution in [2.45, 2.75) is 24.5 Å². The molecule has 1 aliphatic heterocycles. The number of hydrogen-bond donors (Lipinski definition) is 3. The largest absolute Gasteiger partial charge is 0.573 e. The quantitative estimate of drug-likeness (QED) is 0.385. The Morgan fingerprint density at radius 1 is 1.03 bits per heavy atom. The Labute approximate surface area is 191 Å². The Bertz CT molecular complexity index is 1210. The number of alkyl halides is 3. The van der Waals surface area contributed by atoms with Crippen LogP contribution in [0, 0.1) is 0 Å². The van der Waals surface area contributed by atoms with E-state index >= 15 is 0 Å². The van der Waals surface area contributed by atoms with Crippen LogP contribution in [0.5, 0.6) is 11.5 Å². The van der Waals surface area contributed by atoms with Gasteiger partial charge in [-0.1, -0.05) is 18.2 Å². The molecule has 0 saturated heterocycles. The molecule has 9 nitrogen and oxygen atoms in total. The van der Waals surface area contributed by atoms with Gasteiger partial charge in [-0.05, 0) is 41.5 Å². The summed E-state index contributed by atoms with van der Waals surface area (Å²) in [6.07, 6.45) is -2.11. The van der Waals surface area contributed by atoms with Crippen molar-refractivity contribution in [3.05, 3.63) is 72.3 Å². The highest BCUT2D eigenvalue weighted by atomic mass is 19.4. The van der Waals surface area contributed by atoms with Crippen molar-refractivity contribution in [1.29, 1.82) is 0 Å². The molecular formula is C21H15BF3N3O6. The first-order valence-electron chi connectivity index (χ1n) is 9.60. The molecule has 34 heavy (non-hydrogen) atoms. The lowest BCUT2D eigenvalue weighted by Gasteiger charge is -2.41. The van der Waals surface area contributed by atoms with Crippen molar-refractivity contribution in [3.63, 3.8) is 0 Å². The maximum Gasteiger partial charge on any atom is 0.573 e. The molecule has 0 spiro atoms. The molecule has 1 aromatic heterocycles. The SMILES string of the molecule is [B]C1(O)Oc2ccc(-c3ccc(OC(F)(F)F)cc3)cc2C(=O)N(Cc2ncccn2)C1(O)O. The Morgan fingerprint density at radius 2 is 1.65 bits per heavy atom. The Balaban J connectivity index is 1.73. The van der Waals surface area contributed by atoms with Crippen molar-refractivity contribution < 1.29 is 42.8 Å². The number of aliphatic hydroxyl groups is 3. The van der Waals surface area contributed by atoms with Gasteiger partial charge in [0.05, 0.1) is 12.1 Å². The summed E-state index contributed by atoms with van der Waals surface area (Å²) in [5.41, 5.74) is -2.57. The second-order valence-electron chi connectivity index (χ2n) is 7.27. The summed E-state index contributed by atoms with van der Waals surface area (Å²) in [4.78, 5) is 21.6. The van der Waals surface area contributed by atoms with Crippen LogP contribution in [0.25, 0.3) is 11.1 Å². The van der Waals surface area contributed by atoms with Crippen LogP contribution in [-0.4, -0.2) is 61.9 Å². The monoisotopic (exact) mass is 473 g/mol. The highest BCUT2D eigenvalue weighted by Gasteiger charge is 2.56. The van der Waals surface area contributed by atoms with Crippen LogP contribution in [-0.2, 0) is 6.54 Å². The van der Waals surface area contributed by atoms with E-state index in [1.807, 2.05) is 0 Å². The molecule has 174 valence electrons. The fourth-order valence-electron chi connectivity index (χ4n) is 3.27. The molecule has 0 fully saturated rings. The number of ether oxygens (including phenoxy) is 2. The topological polar surface area (TPSA) is 125 Å². The third kappa shape index (κ3) is 4.53. The molecule has 3 N–H and O–H groups in total. The van der Waals surface area contributed by atoms with Gasteiger partial charge in [-0.15, -0.1) is 13.2 Å². The van der Waals surface area contributed by atoms with Gasteiger partial charge in [-0.2, -0.15) is 0 Å². The minimum Gasteiger partial charge on any atom is -0.463 e. The van der Waals surface area contributed by atoms with Gasteiger partial charge in [-0.25, -0.2) is 9.97 Å². The van der Waals surface area contributed by atoms with E-state index in [0.717, 1.165) is 12.1 Å². The van der Waals surface area contributed by atoms with Gasteiger partial charge in [0.2, 0.25) is 5.69 Å². The zero-order valence-corrected chi connectivity index (χ0v) is 17.1. The lowest BCUT2D eigenvalue weighted by atomic mass is 9.89. The lowest BCUT2D eigenvalue weighted by Crippen LogP contribution is -2.67. The summed E-state index contributed by atoms with van der Waals surface area (Å²) in [6, 6.07) is 10.4.